The number of hydrogen-bond donors (Lipinski definition) is 1. The van der Waals surface area contributed by atoms with Crippen molar-refractivity contribution in [2.75, 3.05) is 13.2 Å². The molecule has 0 heterocycles. The summed E-state index contributed by atoms with van der Waals surface area (Å²) in [6.45, 7) is 2.59. The maximum Gasteiger partial charge on any atom is 0.309 e. The van der Waals surface area contributed by atoms with Gasteiger partial charge in [-0.2, -0.15) is 0 Å². The fourth-order valence-electron chi connectivity index (χ4n) is 1.05. The van der Waals surface area contributed by atoms with Crippen LogP contribution in [0.25, 0.3) is 0 Å². The lowest BCUT2D eigenvalue weighted by molar-refractivity contribution is -0.145. The van der Waals surface area contributed by atoms with Crippen LogP contribution >= 0.6 is 0 Å². The van der Waals surface area contributed by atoms with E-state index in [0.29, 0.717) is 6.61 Å². The van der Waals surface area contributed by atoms with Gasteiger partial charge in [-0.1, -0.05) is 6.92 Å². The quantitative estimate of drug-likeness (QED) is 0.608. The van der Waals surface area contributed by atoms with Crippen molar-refractivity contribution >= 4 is 5.97 Å². The Morgan fingerprint density at radius 2 is 2.45 bits per heavy atom. The number of aliphatic hydroxyl groups excluding tert-OH is 1. The zero-order valence-electron chi connectivity index (χ0n) is 6.75. The molecule has 0 aliphatic heterocycles. The Morgan fingerprint density at radius 3 is 2.91 bits per heavy atom. The monoisotopic (exact) mass is 158 g/mol. The molecule has 0 saturated heterocycles. The molecular formula is C8H14O3. The van der Waals surface area contributed by atoms with Crippen molar-refractivity contribution < 1.29 is 14.6 Å². The van der Waals surface area contributed by atoms with E-state index in [0.717, 1.165) is 12.8 Å². The number of carbonyl (C=O) groups excluding carboxylic acids is 1. The van der Waals surface area contributed by atoms with Gasteiger partial charge in [-0.25, -0.2) is 0 Å². The Bertz CT molecular complexity index is 144. The lowest BCUT2D eigenvalue weighted by Crippen LogP contribution is -2.09. The van der Waals surface area contributed by atoms with Crippen LogP contribution in [0.3, 0.4) is 0 Å². The minimum atomic E-state index is -0.133. The van der Waals surface area contributed by atoms with Crippen LogP contribution in [-0.4, -0.2) is 24.3 Å². The van der Waals surface area contributed by atoms with E-state index in [4.69, 9.17) is 9.84 Å². The first kappa shape index (κ1) is 8.53. The Morgan fingerprint density at radius 1 is 1.73 bits per heavy atom. The van der Waals surface area contributed by atoms with Crippen molar-refractivity contribution in [3.63, 3.8) is 0 Å². The third-order valence-corrected chi connectivity index (χ3v) is 1.91. The van der Waals surface area contributed by atoms with E-state index in [2.05, 4.69) is 0 Å². The molecule has 1 fully saturated rings. The summed E-state index contributed by atoms with van der Waals surface area (Å²) in [5.41, 5.74) is 0. The van der Waals surface area contributed by atoms with Crippen LogP contribution in [0.2, 0.25) is 0 Å². The van der Waals surface area contributed by atoms with Crippen LogP contribution < -0.4 is 0 Å². The number of carbonyl (C=O) groups is 1. The van der Waals surface area contributed by atoms with Crippen LogP contribution in [0.1, 0.15) is 19.8 Å². The highest BCUT2D eigenvalue weighted by Crippen LogP contribution is 2.38. The predicted molar refractivity (Wildman–Crippen MR) is 39.9 cm³/mol. The molecule has 0 aromatic heterocycles. The first-order valence-electron chi connectivity index (χ1n) is 4.07. The third kappa shape index (κ3) is 2.19. The maximum absolute atomic E-state index is 11.0. The molecule has 2 atom stereocenters. The molecule has 0 bridgehead atoms. The van der Waals surface area contributed by atoms with Gasteiger partial charge in [0.25, 0.3) is 0 Å². The molecule has 1 rings (SSSR count). The minimum absolute atomic E-state index is 0.00782. The largest absolute Gasteiger partial charge is 0.465 e. The molecule has 0 radical (unpaired) electrons. The van der Waals surface area contributed by atoms with E-state index >= 15 is 0 Å². The SMILES string of the molecule is CCCOC(=O)C1CC1CO. The lowest BCUT2D eigenvalue weighted by atomic mass is 10.3. The maximum atomic E-state index is 11.0. The summed E-state index contributed by atoms with van der Waals surface area (Å²) in [5, 5.41) is 8.64. The molecule has 0 aromatic carbocycles. The van der Waals surface area contributed by atoms with Gasteiger partial charge in [-0.3, -0.25) is 4.79 Å². The Balaban J connectivity index is 2.12. The van der Waals surface area contributed by atoms with Crippen LogP contribution in [-0.2, 0) is 9.53 Å². The van der Waals surface area contributed by atoms with Gasteiger partial charge in [-0.15, -0.1) is 0 Å². The first-order valence-corrected chi connectivity index (χ1v) is 4.07. The first-order chi connectivity index (χ1) is 5.29. The van der Waals surface area contributed by atoms with Crippen LogP contribution in [0.5, 0.6) is 0 Å². The Labute approximate surface area is 66.4 Å². The zero-order chi connectivity index (χ0) is 8.27. The molecule has 0 aromatic rings. The molecule has 3 nitrogen and oxygen atoms in total. The number of aliphatic hydroxyl groups is 1. The van der Waals surface area contributed by atoms with Crippen LogP contribution in [0.4, 0.5) is 0 Å². The smallest absolute Gasteiger partial charge is 0.309 e. The molecule has 0 amide bonds. The number of hydrogen-bond acceptors (Lipinski definition) is 3. The van der Waals surface area contributed by atoms with E-state index < -0.39 is 0 Å². The summed E-state index contributed by atoms with van der Waals surface area (Å²) in [4.78, 5) is 11.0. The molecule has 2 unspecified atom stereocenters. The summed E-state index contributed by atoms with van der Waals surface area (Å²) >= 11 is 0. The van der Waals surface area contributed by atoms with Crippen molar-refractivity contribution in [1.29, 1.82) is 0 Å². The predicted octanol–water partition coefficient (Wildman–Crippen LogP) is 0.568. The zero-order valence-corrected chi connectivity index (χ0v) is 6.75. The second-order valence-electron chi connectivity index (χ2n) is 2.95. The second-order valence-corrected chi connectivity index (χ2v) is 2.95. The van der Waals surface area contributed by atoms with E-state index in [1.807, 2.05) is 6.92 Å². The fourth-order valence-corrected chi connectivity index (χ4v) is 1.05. The summed E-state index contributed by atoms with van der Waals surface area (Å²) in [6.07, 6.45) is 1.67. The van der Waals surface area contributed by atoms with Crippen molar-refractivity contribution in [2.24, 2.45) is 11.8 Å². The number of rotatable bonds is 4. The highest BCUT2D eigenvalue weighted by Gasteiger charge is 2.43. The molecule has 1 saturated carbocycles. The van der Waals surface area contributed by atoms with Gasteiger partial charge in [-0.05, 0) is 18.8 Å². The molecule has 0 spiro atoms. The summed E-state index contributed by atoms with van der Waals surface area (Å²) in [6, 6.07) is 0. The minimum Gasteiger partial charge on any atom is -0.465 e. The summed E-state index contributed by atoms with van der Waals surface area (Å²) in [7, 11) is 0. The van der Waals surface area contributed by atoms with Gasteiger partial charge in [0.15, 0.2) is 0 Å². The lowest BCUT2D eigenvalue weighted by Gasteiger charge is -2.00. The van der Waals surface area contributed by atoms with Crippen LogP contribution in [0, 0.1) is 11.8 Å². The van der Waals surface area contributed by atoms with Gasteiger partial charge in [0.05, 0.1) is 12.5 Å². The van der Waals surface area contributed by atoms with Gasteiger partial charge in [0, 0.05) is 6.61 Å². The van der Waals surface area contributed by atoms with Gasteiger partial charge in [0.1, 0.15) is 0 Å². The highest BCUT2D eigenvalue weighted by atomic mass is 16.5. The average Bonchev–Trinajstić information content (AvgIpc) is 2.78. The normalized spacial score (nSPS) is 28.2. The Hall–Kier alpha value is -0.570. The third-order valence-electron chi connectivity index (χ3n) is 1.91. The van der Waals surface area contributed by atoms with Gasteiger partial charge in [0.2, 0.25) is 0 Å². The second kappa shape index (κ2) is 3.72. The fraction of sp³-hybridized carbons (Fsp3) is 0.875. The number of esters is 1. The Kier molecular flexibility index (Phi) is 2.88. The topological polar surface area (TPSA) is 46.5 Å². The highest BCUT2D eigenvalue weighted by molar-refractivity contribution is 5.75. The van der Waals surface area contributed by atoms with Gasteiger partial charge < -0.3 is 9.84 Å². The van der Waals surface area contributed by atoms with Crippen molar-refractivity contribution in [1.82, 2.24) is 0 Å². The van der Waals surface area contributed by atoms with Crippen molar-refractivity contribution in [3.05, 3.63) is 0 Å². The average molecular weight is 158 g/mol. The van der Waals surface area contributed by atoms with E-state index in [1.165, 1.54) is 0 Å². The molecule has 1 aliphatic carbocycles. The van der Waals surface area contributed by atoms with Crippen molar-refractivity contribution in [2.45, 2.75) is 19.8 Å². The molecule has 1 aliphatic rings. The van der Waals surface area contributed by atoms with Crippen LogP contribution in [0.15, 0.2) is 0 Å². The van der Waals surface area contributed by atoms with E-state index in [9.17, 15) is 4.79 Å². The standard InChI is InChI=1S/C8H14O3/c1-2-3-11-8(10)7-4-6(7)5-9/h6-7,9H,2-5H2,1H3. The molecular weight excluding hydrogens is 144 g/mol. The molecule has 11 heavy (non-hydrogen) atoms. The van der Waals surface area contributed by atoms with Gasteiger partial charge >= 0.3 is 5.97 Å². The molecule has 3 heteroatoms. The summed E-state index contributed by atoms with van der Waals surface area (Å²) in [5.74, 6) is 0.0387. The summed E-state index contributed by atoms with van der Waals surface area (Å²) < 4.78 is 4.90. The molecule has 64 valence electrons. The van der Waals surface area contributed by atoms with E-state index in [-0.39, 0.29) is 24.4 Å². The molecule has 1 N–H and O–H groups in total. The van der Waals surface area contributed by atoms with Crippen molar-refractivity contribution in [3.8, 4) is 0 Å². The van der Waals surface area contributed by atoms with E-state index in [1.54, 1.807) is 0 Å². The number of ether oxygens (including phenoxy) is 1.